The van der Waals surface area contributed by atoms with Crippen LogP contribution in [-0.2, 0) is 11.8 Å². The summed E-state index contributed by atoms with van der Waals surface area (Å²) < 4.78 is 8.49. The molecule has 1 aromatic heterocycles. The molecule has 28 heavy (non-hydrogen) atoms. The summed E-state index contributed by atoms with van der Waals surface area (Å²) in [5, 5.41) is 7.46. The predicted octanol–water partition coefficient (Wildman–Crippen LogP) is 5.18. The summed E-state index contributed by atoms with van der Waals surface area (Å²) >= 11 is 3.45. The standard InChI is InChI=1S/C22H24BrN3O2/c1-14-5-10-19(15(2)13-14)28-12-11-20(27)24-22-21(16(3)25-26(22)4)17-6-8-18(23)9-7-17/h5-10,13H,11-12H2,1-4H3,(H,24,27). The number of nitrogens with zero attached hydrogens (tertiary/aromatic N) is 2. The molecule has 1 heterocycles. The number of amides is 1. The third-order valence-electron chi connectivity index (χ3n) is 4.53. The first-order valence-electron chi connectivity index (χ1n) is 9.14. The summed E-state index contributed by atoms with van der Waals surface area (Å²) in [7, 11) is 1.83. The topological polar surface area (TPSA) is 56.1 Å². The van der Waals surface area contributed by atoms with Gasteiger partial charge in [-0.3, -0.25) is 9.48 Å². The van der Waals surface area contributed by atoms with Gasteiger partial charge in [0.05, 0.1) is 18.7 Å². The molecule has 0 radical (unpaired) electrons. The van der Waals surface area contributed by atoms with E-state index in [1.54, 1.807) is 4.68 Å². The number of nitrogens with one attached hydrogen (secondary N) is 1. The van der Waals surface area contributed by atoms with Crippen LogP contribution in [0.3, 0.4) is 0 Å². The Morgan fingerprint density at radius 1 is 1.14 bits per heavy atom. The third-order valence-corrected chi connectivity index (χ3v) is 5.06. The van der Waals surface area contributed by atoms with Gasteiger partial charge in [-0.25, -0.2) is 0 Å². The van der Waals surface area contributed by atoms with Gasteiger partial charge in [0.2, 0.25) is 5.91 Å². The van der Waals surface area contributed by atoms with Crippen LogP contribution in [0.5, 0.6) is 5.75 Å². The van der Waals surface area contributed by atoms with Gasteiger partial charge in [-0.1, -0.05) is 45.8 Å². The molecule has 3 aromatic rings. The molecule has 6 heteroatoms. The van der Waals surface area contributed by atoms with E-state index in [9.17, 15) is 4.79 Å². The Bertz CT molecular complexity index is 994. The molecule has 1 N–H and O–H groups in total. The maximum atomic E-state index is 12.5. The van der Waals surface area contributed by atoms with E-state index in [0.717, 1.165) is 32.6 Å². The first-order chi connectivity index (χ1) is 13.3. The second-order valence-corrected chi connectivity index (χ2v) is 7.77. The number of anilines is 1. The summed E-state index contributed by atoms with van der Waals surface area (Å²) in [4.78, 5) is 12.5. The Kier molecular flexibility index (Phi) is 6.19. The first kappa shape index (κ1) is 20.1. The molecule has 1 amide bonds. The SMILES string of the molecule is Cc1ccc(OCCC(=O)Nc2c(-c3ccc(Br)cc3)c(C)nn2C)c(C)c1. The number of halogens is 1. The lowest BCUT2D eigenvalue weighted by atomic mass is 10.1. The van der Waals surface area contributed by atoms with Gasteiger partial charge in [-0.05, 0) is 50.1 Å². The molecular formula is C22H24BrN3O2. The third kappa shape index (κ3) is 4.62. The minimum Gasteiger partial charge on any atom is -0.493 e. The number of rotatable bonds is 6. The van der Waals surface area contributed by atoms with E-state index in [0.29, 0.717) is 12.4 Å². The summed E-state index contributed by atoms with van der Waals surface area (Å²) in [6.45, 7) is 6.31. The molecule has 0 bridgehead atoms. The number of carbonyl (C=O) groups is 1. The zero-order chi connectivity index (χ0) is 20.3. The number of hydrogen-bond acceptors (Lipinski definition) is 3. The van der Waals surface area contributed by atoms with Gasteiger partial charge < -0.3 is 10.1 Å². The molecule has 0 saturated heterocycles. The lowest BCUT2D eigenvalue weighted by Gasteiger charge is -2.11. The van der Waals surface area contributed by atoms with Crippen LogP contribution >= 0.6 is 15.9 Å². The Morgan fingerprint density at radius 3 is 2.54 bits per heavy atom. The highest BCUT2D eigenvalue weighted by Crippen LogP contribution is 2.32. The van der Waals surface area contributed by atoms with Crippen molar-refractivity contribution in [2.45, 2.75) is 27.2 Å². The zero-order valence-corrected chi connectivity index (χ0v) is 18.1. The number of aromatic nitrogens is 2. The first-order valence-corrected chi connectivity index (χ1v) is 9.94. The molecule has 3 rings (SSSR count). The Balaban J connectivity index is 1.68. The van der Waals surface area contributed by atoms with E-state index in [1.165, 1.54) is 5.56 Å². The van der Waals surface area contributed by atoms with E-state index in [4.69, 9.17) is 4.74 Å². The van der Waals surface area contributed by atoms with E-state index >= 15 is 0 Å². The van der Waals surface area contributed by atoms with Gasteiger partial charge in [0, 0.05) is 17.1 Å². The van der Waals surface area contributed by atoms with Crippen LogP contribution in [0.25, 0.3) is 11.1 Å². The lowest BCUT2D eigenvalue weighted by molar-refractivity contribution is -0.116. The molecular weight excluding hydrogens is 418 g/mol. The van der Waals surface area contributed by atoms with Crippen molar-refractivity contribution in [1.29, 1.82) is 0 Å². The molecule has 0 unspecified atom stereocenters. The van der Waals surface area contributed by atoms with Crippen molar-refractivity contribution < 1.29 is 9.53 Å². The van der Waals surface area contributed by atoms with Crippen LogP contribution in [0.15, 0.2) is 46.9 Å². The molecule has 146 valence electrons. The fraction of sp³-hybridized carbons (Fsp3) is 0.273. The monoisotopic (exact) mass is 441 g/mol. The summed E-state index contributed by atoms with van der Waals surface area (Å²) in [5.74, 6) is 1.40. The normalized spacial score (nSPS) is 10.8. The Labute approximate surface area is 173 Å². The quantitative estimate of drug-likeness (QED) is 0.572. The molecule has 0 aliphatic heterocycles. The Hall–Kier alpha value is -2.60. The highest BCUT2D eigenvalue weighted by atomic mass is 79.9. The average molecular weight is 442 g/mol. The van der Waals surface area contributed by atoms with Crippen molar-refractivity contribution in [3.63, 3.8) is 0 Å². The van der Waals surface area contributed by atoms with Crippen molar-refractivity contribution in [2.24, 2.45) is 7.05 Å². The molecule has 0 aliphatic carbocycles. The van der Waals surface area contributed by atoms with Crippen molar-refractivity contribution in [3.8, 4) is 16.9 Å². The van der Waals surface area contributed by atoms with Crippen LogP contribution in [0.4, 0.5) is 5.82 Å². The number of ether oxygens (including phenoxy) is 1. The molecule has 0 fully saturated rings. The number of hydrogen-bond donors (Lipinski definition) is 1. The van der Waals surface area contributed by atoms with Gasteiger partial charge in [0.1, 0.15) is 11.6 Å². The van der Waals surface area contributed by atoms with Crippen LogP contribution in [0.2, 0.25) is 0 Å². The summed E-state index contributed by atoms with van der Waals surface area (Å²) in [6, 6.07) is 14.0. The molecule has 0 aliphatic rings. The predicted molar refractivity (Wildman–Crippen MR) is 116 cm³/mol. The summed E-state index contributed by atoms with van der Waals surface area (Å²) in [6.07, 6.45) is 0.261. The lowest BCUT2D eigenvalue weighted by Crippen LogP contribution is -2.17. The second-order valence-electron chi connectivity index (χ2n) is 6.86. The van der Waals surface area contributed by atoms with Crippen molar-refractivity contribution in [1.82, 2.24) is 9.78 Å². The van der Waals surface area contributed by atoms with Gasteiger partial charge in [-0.15, -0.1) is 0 Å². The zero-order valence-electron chi connectivity index (χ0n) is 16.5. The fourth-order valence-corrected chi connectivity index (χ4v) is 3.44. The molecule has 0 saturated carbocycles. The van der Waals surface area contributed by atoms with E-state index in [1.807, 2.05) is 64.2 Å². The number of aryl methyl sites for hydroxylation is 4. The van der Waals surface area contributed by atoms with E-state index in [-0.39, 0.29) is 12.3 Å². The van der Waals surface area contributed by atoms with Crippen LogP contribution < -0.4 is 10.1 Å². The minimum atomic E-state index is -0.105. The van der Waals surface area contributed by atoms with E-state index in [2.05, 4.69) is 32.4 Å². The van der Waals surface area contributed by atoms with Crippen molar-refractivity contribution in [3.05, 3.63) is 63.8 Å². The summed E-state index contributed by atoms with van der Waals surface area (Å²) in [5.41, 5.74) is 5.07. The van der Waals surface area contributed by atoms with Gasteiger partial charge in [0.25, 0.3) is 0 Å². The van der Waals surface area contributed by atoms with Crippen LogP contribution in [-0.4, -0.2) is 22.3 Å². The molecule has 2 aromatic carbocycles. The van der Waals surface area contributed by atoms with E-state index < -0.39 is 0 Å². The van der Waals surface area contributed by atoms with Gasteiger partial charge in [-0.2, -0.15) is 5.10 Å². The fourth-order valence-electron chi connectivity index (χ4n) is 3.17. The number of carbonyl (C=O) groups excluding carboxylic acids is 1. The largest absolute Gasteiger partial charge is 0.493 e. The minimum absolute atomic E-state index is 0.105. The second kappa shape index (κ2) is 8.61. The molecule has 5 nitrogen and oxygen atoms in total. The highest BCUT2D eigenvalue weighted by Gasteiger charge is 2.17. The smallest absolute Gasteiger partial charge is 0.228 e. The Morgan fingerprint density at radius 2 is 1.86 bits per heavy atom. The van der Waals surface area contributed by atoms with Crippen molar-refractivity contribution >= 4 is 27.7 Å². The van der Waals surface area contributed by atoms with Crippen LogP contribution in [0.1, 0.15) is 23.2 Å². The highest BCUT2D eigenvalue weighted by molar-refractivity contribution is 9.10. The van der Waals surface area contributed by atoms with Gasteiger partial charge >= 0.3 is 0 Å². The molecule has 0 spiro atoms. The van der Waals surface area contributed by atoms with Crippen molar-refractivity contribution in [2.75, 3.05) is 11.9 Å². The maximum Gasteiger partial charge on any atom is 0.228 e. The van der Waals surface area contributed by atoms with Gasteiger partial charge in [0.15, 0.2) is 0 Å². The van der Waals surface area contributed by atoms with Crippen LogP contribution in [0, 0.1) is 20.8 Å². The molecule has 0 atom stereocenters. The maximum absolute atomic E-state index is 12.5. The average Bonchev–Trinajstić information content (AvgIpc) is 2.91. The number of benzene rings is 2.